The molecule has 3 aromatic rings. The summed E-state index contributed by atoms with van der Waals surface area (Å²) in [4.78, 5) is 28.1. The molecule has 0 atom stereocenters. The lowest BCUT2D eigenvalue weighted by Gasteiger charge is -2.32. The Labute approximate surface area is 221 Å². The van der Waals surface area contributed by atoms with Gasteiger partial charge in [0.2, 0.25) is 6.79 Å². The lowest BCUT2D eigenvalue weighted by atomic mass is 9.92. The Kier molecular flexibility index (Phi) is 7.90. The molecule has 37 heavy (non-hydrogen) atoms. The van der Waals surface area contributed by atoms with Crippen LogP contribution < -0.4 is 25.3 Å². The van der Waals surface area contributed by atoms with Crippen molar-refractivity contribution in [2.45, 2.75) is 20.4 Å². The van der Waals surface area contributed by atoms with E-state index in [0.717, 1.165) is 0 Å². The van der Waals surface area contributed by atoms with Gasteiger partial charge in [-0.1, -0.05) is 31.5 Å². The quantitative estimate of drug-likeness (QED) is 0.411. The van der Waals surface area contributed by atoms with Gasteiger partial charge in [0.05, 0.1) is 7.11 Å². The van der Waals surface area contributed by atoms with Crippen LogP contribution >= 0.6 is 11.6 Å². The number of methoxy groups -OCH3 is 1. The van der Waals surface area contributed by atoms with Crippen LogP contribution in [0.15, 0.2) is 60.7 Å². The molecule has 0 saturated carbocycles. The highest BCUT2D eigenvalue weighted by Crippen LogP contribution is 2.33. The van der Waals surface area contributed by atoms with E-state index in [0.29, 0.717) is 57.7 Å². The van der Waals surface area contributed by atoms with E-state index in [9.17, 15) is 9.59 Å². The largest absolute Gasteiger partial charge is 0.497 e. The van der Waals surface area contributed by atoms with Gasteiger partial charge in [-0.25, -0.2) is 0 Å². The third kappa shape index (κ3) is 6.34. The van der Waals surface area contributed by atoms with Crippen LogP contribution in [0.5, 0.6) is 17.2 Å². The Morgan fingerprint density at radius 1 is 1.05 bits per heavy atom. The molecule has 0 fully saturated rings. The van der Waals surface area contributed by atoms with Crippen LogP contribution in [0.3, 0.4) is 0 Å². The van der Waals surface area contributed by atoms with Gasteiger partial charge in [-0.2, -0.15) is 0 Å². The van der Waals surface area contributed by atoms with Crippen LogP contribution in [-0.2, 0) is 6.54 Å². The minimum absolute atomic E-state index is 0.126. The minimum Gasteiger partial charge on any atom is -0.497 e. The van der Waals surface area contributed by atoms with Crippen molar-refractivity contribution < 1.29 is 23.8 Å². The average molecular weight is 524 g/mol. The molecule has 4 rings (SSSR count). The van der Waals surface area contributed by atoms with Gasteiger partial charge in [0, 0.05) is 34.9 Å². The second-order valence-electron chi connectivity index (χ2n) is 9.59. The van der Waals surface area contributed by atoms with Gasteiger partial charge in [0.15, 0.2) is 11.5 Å². The first-order valence-corrected chi connectivity index (χ1v) is 12.2. The highest BCUT2D eigenvalue weighted by atomic mass is 35.5. The molecular formula is C28H30ClN3O5. The van der Waals surface area contributed by atoms with Crippen LogP contribution in [0.25, 0.3) is 0 Å². The molecule has 0 aromatic heterocycles. The molecule has 3 aromatic carbocycles. The molecule has 0 unspecified atom stereocenters. The molecule has 8 nitrogen and oxygen atoms in total. The molecule has 9 heteroatoms. The topological polar surface area (TPSA) is 103 Å². The standard InChI is InChI=1S/C28H30ClN3O5/c1-28(2,15-30)16-32(27(34)19-7-10-24-25(13-19)37-17-36-24)14-20-11-21(8-9-23(20)29)31-26(33)18-5-4-6-22(12-18)35-3/h4-13H,14-17,30H2,1-3H3,(H,31,33). The van der Waals surface area contributed by atoms with E-state index in [1.807, 2.05) is 13.8 Å². The molecule has 1 heterocycles. The lowest BCUT2D eigenvalue weighted by Crippen LogP contribution is -2.41. The molecule has 1 aliphatic heterocycles. The normalized spacial score (nSPS) is 12.2. The third-order valence-corrected chi connectivity index (χ3v) is 6.44. The SMILES string of the molecule is COc1cccc(C(=O)Nc2ccc(Cl)c(CN(CC(C)(C)CN)C(=O)c3ccc4c(c3)OCO4)c2)c1. The zero-order valence-corrected chi connectivity index (χ0v) is 21.8. The van der Waals surface area contributed by atoms with Gasteiger partial charge in [-0.05, 0) is 72.1 Å². The number of nitrogens with two attached hydrogens (primary N) is 1. The van der Waals surface area contributed by atoms with Crippen LogP contribution in [0, 0.1) is 5.41 Å². The molecule has 194 valence electrons. The molecule has 0 aliphatic carbocycles. The van der Waals surface area contributed by atoms with Crippen molar-refractivity contribution >= 4 is 29.1 Å². The van der Waals surface area contributed by atoms with Gasteiger partial charge in [0.1, 0.15) is 5.75 Å². The molecule has 0 spiro atoms. The van der Waals surface area contributed by atoms with E-state index in [-0.39, 0.29) is 30.6 Å². The number of carbonyl (C=O) groups is 2. The van der Waals surface area contributed by atoms with E-state index in [2.05, 4.69) is 5.32 Å². The Morgan fingerprint density at radius 3 is 2.59 bits per heavy atom. The molecule has 0 saturated heterocycles. The number of benzene rings is 3. The monoisotopic (exact) mass is 523 g/mol. The third-order valence-electron chi connectivity index (χ3n) is 6.07. The molecule has 0 bridgehead atoms. The summed E-state index contributed by atoms with van der Waals surface area (Å²) >= 11 is 6.54. The minimum atomic E-state index is -0.337. The van der Waals surface area contributed by atoms with E-state index in [1.54, 1.807) is 72.7 Å². The van der Waals surface area contributed by atoms with Crippen molar-refractivity contribution in [2.24, 2.45) is 11.1 Å². The zero-order chi connectivity index (χ0) is 26.6. The van der Waals surface area contributed by atoms with Crippen LogP contribution in [0.4, 0.5) is 5.69 Å². The number of ether oxygens (including phenoxy) is 3. The number of carbonyl (C=O) groups excluding carboxylic acids is 2. The fourth-order valence-corrected chi connectivity index (χ4v) is 4.12. The van der Waals surface area contributed by atoms with Crippen molar-refractivity contribution in [3.05, 3.63) is 82.4 Å². The molecule has 1 aliphatic rings. The summed E-state index contributed by atoms with van der Waals surface area (Å²) in [6, 6.07) is 17.2. The Bertz CT molecular complexity index is 1310. The van der Waals surface area contributed by atoms with E-state index in [1.165, 1.54) is 0 Å². The number of nitrogens with zero attached hydrogens (tertiary/aromatic N) is 1. The van der Waals surface area contributed by atoms with Gasteiger partial charge in [0.25, 0.3) is 11.8 Å². The number of hydrogen-bond acceptors (Lipinski definition) is 6. The van der Waals surface area contributed by atoms with Gasteiger partial charge in [-0.15, -0.1) is 0 Å². The summed E-state index contributed by atoms with van der Waals surface area (Å²) in [5, 5.41) is 3.37. The summed E-state index contributed by atoms with van der Waals surface area (Å²) in [5.41, 5.74) is 7.82. The first kappa shape index (κ1) is 26.3. The second kappa shape index (κ2) is 11.1. The van der Waals surface area contributed by atoms with Crippen molar-refractivity contribution in [1.82, 2.24) is 4.90 Å². The van der Waals surface area contributed by atoms with E-state index >= 15 is 0 Å². The lowest BCUT2D eigenvalue weighted by molar-refractivity contribution is 0.0673. The van der Waals surface area contributed by atoms with Gasteiger partial charge in [-0.3, -0.25) is 9.59 Å². The van der Waals surface area contributed by atoms with Crippen LogP contribution in [0.2, 0.25) is 5.02 Å². The molecule has 0 radical (unpaired) electrons. The summed E-state index contributed by atoms with van der Waals surface area (Å²) < 4.78 is 16.0. The summed E-state index contributed by atoms with van der Waals surface area (Å²) in [7, 11) is 1.55. The number of hydrogen-bond donors (Lipinski definition) is 2. The number of fused-ring (bicyclic) bond motifs is 1. The van der Waals surface area contributed by atoms with Crippen LogP contribution in [0.1, 0.15) is 40.1 Å². The molecule has 2 amide bonds. The number of anilines is 1. The fourth-order valence-electron chi connectivity index (χ4n) is 3.94. The smallest absolute Gasteiger partial charge is 0.255 e. The van der Waals surface area contributed by atoms with Gasteiger partial charge >= 0.3 is 0 Å². The van der Waals surface area contributed by atoms with Crippen molar-refractivity contribution in [2.75, 3.05) is 32.3 Å². The Morgan fingerprint density at radius 2 is 1.84 bits per heavy atom. The van der Waals surface area contributed by atoms with Crippen molar-refractivity contribution in [3.8, 4) is 17.2 Å². The maximum atomic E-state index is 13.6. The first-order chi connectivity index (χ1) is 17.7. The van der Waals surface area contributed by atoms with E-state index < -0.39 is 0 Å². The number of halogens is 1. The number of nitrogens with one attached hydrogen (secondary N) is 1. The summed E-state index contributed by atoms with van der Waals surface area (Å²) in [6.45, 7) is 5.13. The highest BCUT2D eigenvalue weighted by molar-refractivity contribution is 6.31. The first-order valence-electron chi connectivity index (χ1n) is 11.8. The maximum Gasteiger partial charge on any atom is 0.255 e. The Hall–Kier alpha value is -3.75. The average Bonchev–Trinajstić information content (AvgIpc) is 3.37. The van der Waals surface area contributed by atoms with E-state index in [4.69, 9.17) is 31.5 Å². The number of amides is 2. The Balaban J connectivity index is 1.58. The predicted molar refractivity (Wildman–Crippen MR) is 143 cm³/mol. The maximum absolute atomic E-state index is 13.6. The zero-order valence-electron chi connectivity index (χ0n) is 21.0. The highest BCUT2D eigenvalue weighted by Gasteiger charge is 2.27. The van der Waals surface area contributed by atoms with Gasteiger partial charge < -0.3 is 30.2 Å². The van der Waals surface area contributed by atoms with Crippen molar-refractivity contribution in [1.29, 1.82) is 0 Å². The summed E-state index contributed by atoms with van der Waals surface area (Å²) in [5.74, 6) is 1.24. The molecule has 3 N–H and O–H groups in total. The predicted octanol–water partition coefficient (Wildman–Crippen LogP) is 4.96. The second-order valence-corrected chi connectivity index (χ2v) is 10.00. The fraction of sp³-hybridized carbons (Fsp3) is 0.286. The molecular weight excluding hydrogens is 494 g/mol. The van der Waals surface area contributed by atoms with Crippen molar-refractivity contribution in [3.63, 3.8) is 0 Å². The van der Waals surface area contributed by atoms with Crippen LogP contribution in [-0.4, -0.2) is 43.7 Å². The summed E-state index contributed by atoms with van der Waals surface area (Å²) in [6.07, 6.45) is 0. The number of rotatable bonds is 9.